The first-order valence-electron chi connectivity index (χ1n) is 4.90. The molecular weight excluding hydrogens is 242 g/mol. The Hall–Kier alpha value is -2.64. The van der Waals surface area contributed by atoms with Crippen LogP contribution >= 0.6 is 0 Å². The molecule has 0 aromatic carbocycles. The molecule has 0 bridgehead atoms. The van der Waals surface area contributed by atoms with E-state index in [4.69, 9.17) is 10.8 Å². The van der Waals surface area contributed by atoms with E-state index in [1.807, 2.05) is 0 Å². The zero-order valence-electron chi connectivity index (χ0n) is 9.25. The van der Waals surface area contributed by atoms with Gasteiger partial charge < -0.3 is 20.9 Å². The highest BCUT2D eigenvalue weighted by Gasteiger charge is 2.08. The van der Waals surface area contributed by atoms with Crippen LogP contribution in [0.3, 0.4) is 0 Å². The van der Waals surface area contributed by atoms with Crippen LogP contribution < -0.4 is 11.1 Å². The van der Waals surface area contributed by atoms with Crippen LogP contribution in [0.1, 0.15) is 20.8 Å². The average molecular weight is 253 g/mol. The quantitative estimate of drug-likeness (QED) is 0.612. The number of primary amides is 1. The maximum absolute atomic E-state index is 11.5. The Kier molecular flexibility index (Phi) is 4.61. The van der Waals surface area contributed by atoms with Gasteiger partial charge in [-0.1, -0.05) is 0 Å². The first-order valence-corrected chi connectivity index (χ1v) is 4.90. The van der Waals surface area contributed by atoms with Crippen molar-refractivity contribution in [2.45, 2.75) is 0 Å². The summed E-state index contributed by atoms with van der Waals surface area (Å²) in [6.45, 7) is 0.0597. The van der Waals surface area contributed by atoms with Gasteiger partial charge in [-0.2, -0.15) is 0 Å². The van der Waals surface area contributed by atoms with Crippen molar-refractivity contribution in [3.05, 3.63) is 29.6 Å². The van der Waals surface area contributed by atoms with Crippen molar-refractivity contribution < 1.29 is 24.2 Å². The normalized spacial score (nSPS) is 9.56. The number of rotatable bonds is 5. The van der Waals surface area contributed by atoms with E-state index in [1.165, 1.54) is 12.1 Å². The summed E-state index contributed by atoms with van der Waals surface area (Å²) >= 11 is 0. The summed E-state index contributed by atoms with van der Waals surface area (Å²) in [7, 11) is 0. The van der Waals surface area contributed by atoms with Gasteiger partial charge in [0.25, 0.3) is 5.91 Å². The second-order valence-corrected chi connectivity index (χ2v) is 3.16. The van der Waals surface area contributed by atoms with Crippen LogP contribution in [0, 0.1) is 0 Å². The minimum absolute atomic E-state index is 0.0400. The molecule has 8 nitrogen and oxygen atoms in total. The first kappa shape index (κ1) is 13.4. The van der Waals surface area contributed by atoms with Crippen molar-refractivity contribution in [2.75, 3.05) is 13.2 Å². The maximum atomic E-state index is 11.5. The number of pyridine rings is 1. The van der Waals surface area contributed by atoms with Crippen LogP contribution in [0.25, 0.3) is 0 Å². The summed E-state index contributed by atoms with van der Waals surface area (Å²) < 4.78 is 4.41. The van der Waals surface area contributed by atoms with Gasteiger partial charge in [-0.3, -0.25) is 4.79 Å². The molecule has 1 heterocycles. The van der Waals surface area contributed by atoms with Crippen molar-refractivity contribution >= 4 is 18.0 Å². The molecule has 0 unspecified atom stereocenters. The maximum Gasteiger partial charge on any atom is 0.404 e. The predicted molar refractivity (Wildman–Crippen MR) is 59.1 cm³/mol. The lowest BCUT2D eigenvalue weighted by Crippen LogP contribution is -2.29. The van der Waals surface area contributed by atoms with Crippen molar-refractivity contribution in [2.24, 2.45) is 5.73 Å². The largest absolute Gasteiger partial charge is 0.477 e. The number of amides is 2. The molecule has 0 aliphatic heterocycles. The summed E-state index contributed by atoms with van der Waals surface area (Å²) in [6, 6.07) is 2.55. The van der Waals surface area contributed by atoms with E-state index in [0.717, 1.165) is 6.20 Å². The molecule has 0 radical (unpaired) electrons. The summed E-state index contributed by atoms with van der Waals surface area (Å²) in [5, 5.41) is 11.1. The lowest BCUT2D eigenvalue weighted by molar-refractivity contribution is 0.0689. The van der Waals surface area contributed by atoms with Crippen LogP contribution in [-0.2, 0) is 4.74 Å². The molecule has 2 amide bonds. The zero-order valence-corrected chi connectivity index (χ0v) is 9.25. The third-order valence-corrected chi connectivity index (χ3v) is 1.88. The Bertz CT molecular complexity index is 457. The van der Waals surface area contributed by atoms with Gasteiger partial charge in [0.2, 0.25) is 0 Å². The van der Waals surface area contributed by atoms with Gasteiger partial charge in [0.1, 0.15) is 12.3 Å². The van der Waals surface area contributed by atoms with Crippen LogP contribution in [0.4, 0.5) is 4.79 Å². The summed E-state index contributed by atoms with van der Waals surface area (Å²) in [6.07, 6.45) is 0.227. The Labute approximate surface area is 102 Å². The number of carbonyl (C=O) groups is 3. The molecule has 96 valence electrons. The number of aromatic nitrogens is 1. The van der Waals surface area contributed by atoms with Gasteiger partial charge in [0.05, 0.1) is 12.1 Å². The molecule has 0 atom stereocenters. The number of nitrogens with one attached hydrogen (secondary N) is 1. The highest BCUT2D eigenvalue weighted by Crippen LogP contribution is 2.00. The second-order valence-electron chi connectivity index (χ2n) is 3.16. The monoisotopic (exact) mass is 253 g/mol. The number of ether oxygens (including phenoxy) is 1. The third kappa shape index (κ3) is 4.08. The molecule has 0 aliphatic rings. The number of nitrogens with two attached hydrogens (primary N) is 1. The van der Waals surface area contributed by atoms with Crippen LogP contribution in [0.5, 0.6) is 0 Å². The van der Waals surface area contributed by atoms with E-state index < -0.39 is 18.0 Å². The molecule has 0 saturated heterocycles. The third-order valence-electron chi connectivity index (χ3n) is 1.88. The van der Waals surface area contributed by atoms with Gasteiger partial charge >= 0.3 is 12.1 Å². The predicted octanol–water partition coefficient (Wildman–Crippen LogP) is -0.395. The van der Waals surface area contributed by atoms with Crippen LogP contribution in [0.2, 0.25) is 0 Å². The van der Waals surface area contributed by atoms with Gasteiger partial charge in [-0.15, -0.1) is 0 Å². The van der Waals surface area contributed by atoms with Gasteiger partial charge in [0, 0.05) is 6.20 Å². The standard InChI is InChI=1S/C10H11N3O5/c11-10(17)18-4-3-12-8(14)6-1-2-7(9(15)16)13-5-6/h1-2,5H,3-4H2,(H2,11,17)(H,12,14)(H,15,16). The zero-order chi connectivity index (χ0) is 13.5. The minimum atomic E-state index is -1.17. The highest BCUT2D eigenvalue weighted by molar-refractivity contribution is 5.94. The van der Waals surface area contributed by atoms with Crippen LogP contribution in [-0.4, -0.2) is 41.2 Å². The average Bonchev–Trinajstić information content (AvgIpc) is 2.34. The Balaban J connectivity index is 2.46. The van der Waals surface area contributed by atoms with Crippen molar-refractivity contribution in [1.82, 2.24) is 10.3 Å². The smallest absolute Gasteiger partial charge is 0.404 e. The topological polar surface area (TPSA) is 132 Å². The number of carbonyl (C=O) groups excluding carboxylic acids is 2. The van der Waals surface area contributed by atoms with E-state index in [1.54, 1.807) is 0 Å². The Morgan fingerprint density at radius 1 is 1.39 bits per heavy atom. The fourth-order valence-corrected chi connectivity index (χ4v) is 1.07. The fraction of sp³-hybridized carbons (Fsp3) is 0.200. The molecule has 18 heavy (non-hydrogen) atoms. The molecule has 4 N–H and O–H groups in total. The summed E-state index contributed by atoms with van der Waals surface area (Å²) in [5.74, 6) is -1.62. The molecule has 0 aliphatic carbocycles. The van der Waals surface area contributed by atoms with E-state index in [-0.39, 0.29) is 24.4 Å². The molecule has 1 aromatic rings. The fourth-order valence-electron chi connectivity index (χ4n) is 1.07. The van der Waals surface area contributed by atoms with Crippen LogP contribution in [0.15, 0.2) is 18.3 Å². The lowest BCUT2D eigenvalue weighted by atomic mass is 10.2. The van der Waals surface area contributed by atoms with Gasteiger partial charge in [0.15, 0.2) is 0 Å². The van der Waals surface area contributed by atoms with E-state index in [2.05, 4.69) is 15.0 Å². The number of carboxylic acids is 1. The minimum Gasteiger partial charge on any atom is -0.477 e. The molecule has 8 heteroatoms. The van der Waals surface area contributed by atoms with E-state index >= 15 is 0 Å². The number of nitrogens with zero attached hydrogens (tertiary/aromatic N) is 1. The SMILES string of the molecule is NC(=O)OCCNC(=O)c1ccc(C(=O)O)nc1. The van der Waals surface area contributed by atoms with Gasteiger partial charge in [-0.05, 0) is 12.1 Å². The Morgan fingerprint density at radius 2 is 2.11 bits per heavy atom. The molecule has 1 aromatic heterocycles. The molecular formula is C10H11N3O5. The van der Waals surface area contributed by atoms with Gasteiger partial charge in [-0.25, -0.2) is 14.6 Å². The molecule has 1 rings (SSSR count). The molecule has 0 spiro atoms. The highest BCUT2D eigenvalue weighted by atomic mass is 16.5. The van der Waals surface area contributed by atoms with Crippen molar-refractivity contribution in [3.8, 4) is 0 Å². The molecule has 0 saturated carbocycles. The van der Waals surface area contributed by atoms with Crippen molar-refractivity contribution in [3.63, 3.8) is 0 Å². The summed E-state index contributed by atoms with van der Waals surface area (Å²) in [5.41, 5.74) is 4.78. The number of hydrogen-bond donors (Lipinski definition) is 3. The lowest BCUT2D eigenvalue weighted by Gasteiger charge is -2.05. The van der Waals surface area contributed by atoms with E-state index in [9.17, 15) is 14.4 Å². The van der Waals surface area contributed by atoms with E-state index in [0.29, 0.717) is 0 Å². The molecule has 0 fully saturated rings. The number of carboxylic acid groups (broad SMARTS) is 1. The Morgan fingerprint density at radius 3 is 2.61 bits per heavy atom. The first-order chi connectivity index (χ1) is 8.50. The second kappa shape index (κ2) is 6.18. The van der Waals surface area contributed by atoms with Crippen molar-refractivity contribution in [1.29, 1.82) is 0 Å². The summed E-state index contributed by atoms with van der Waals surface area (Å²) in [4.78, 5) is 35.9. The number of aromatic carboxylic acids is 1. The number of hydrogen-bond acceptors (Lipinski definition) is 5.